The molecule has 8 atom stereocenters. The third-order valence-corrected chi connectivity index (χ3v) is 10.1. The standard InChI is InChI=1S/C25H36ClN5O6S/c1-23-7-14-8-24(2,10-23)12-25(9-14,11-23)30-19-16-20(29-22(26)28-19)31(13-27-16)21-18(33)17(32)15(37-21)5-3-4-6-38(34,35)36/h13-15,17-18,21,32-33H,3-12H2,1-2H3,(H,28,29,30)(H,34,35,36)/t14-,15?,17?,18?,21?,23+,24-,25-. The van der Waals surface area contributed by atoms with Crippen LogP contribution in [0.2, 0.25) is 5.28 Å². The maximum absolute atomic E-state index is 11.0. The molecule has 38 heavy (non-hydrogen) atoms. The van der Waals surface area contributed by atoms with Crippen LogP contribution >= 0.6 is 11.6 Å². The third kappa shape index (κ3) is 4.81. The van der Waals surface area contributed by atoms with Crippen LogP contribution in [0.3, 0.4) is 0 Å². The highest BCUT2D eigenvalue weighted by Crippen LogP contribution is 2.67. The Kier molecular flexibility index (Phi) is 6.29. The van der Waals surface area contributed by atoms with E-state index in [2.05, 4.69) is 34.1 Å². The number of hydrogen-bond acceptors (Lipinski definition) is 9. The van der Waals surface area contributed by atoms with Crippen molar-refractivity contribution in [2.75, 3.05) is 11.1 Å². The van der Waals surface area contributed by atoms with Gasteiger partial charge in [-0.25, -0.2) is 4.98 Å². The quantitative estimate of drug-likeness (QED) is 0.211. The van der Waals surface area contributed by atoms with E-state index < -0.39 is 34.7 Å². The molecule has 7 rings (SSSR count). The molecular formula is C25H36ClN5O6S. The van der Waals surface area contributed by atoms with E-state index in [1.54, 1.807) is 4.57 Å². The predicted molar refractivity (Wildman–Crippen MR) is 140 cm³/mol. The molecular weight excluding hydrogens is 534 g/mol. The fourth-order valence-corrected chi connectivity index (χ4v) is 9.56. The van der Waals surface area contributed by atoms with Gasteiger partial charge >= 0.3 is 0 Å². The molecule has 4 aliphatic carbocycles. The molecule has 4 bridgehead atoms. The molecule has 0 amide bonds. The van der Waals surface area contributed by atoms with Gasteiger partial charge in [-0.2, -0.15) is 18.4 Å². The molecule has 2 aromatic heterocycles. The first-order valence-electron chi connectivity index (χ1n) is 13.4. The molecule has 0 aromatic carbocycles. The maximum Gasteiger partial charge on any atom is 0.264 e. The molecule has 4 unspecified atom stereocenters. The van der Waals surface area contributed by atoms with Crippen LogP contribution in [0.1, 0.15) is 77.9 Å². The number of aliphatic hydroxyl groups excluding tert-OH is 2. The minimum Gasteiger partial charge on any atom is -0.388 e. The van der Waals surface area contributed by atoms with Crippen LogP contribution in [0.15, 0.2) is 6.33 Å². The number of unbranched alkanes of at least 4 members (excludes halogenated alkanes) is 1. The summed E-state index contributed by atoms with van der Waals surface area (Å²) in [6.07, 6.45) is 5.43. The van der Waals surface area contributed by atoms with Crippen molar-refractivity contribution in [3.8, 4) is 0 Å². The number of anilines is 1. The highest BCUT2D eigenvalue weighted by Gasteiger charge is 2.60. The number of hydrogen-bond donors (Lipinski definition) is 4. The van der Waals surface area contributed by atoms with E-state index in [-0.39, 0.29) is 23.0 Å². The number of nitrogens with zero attached hydrogens (tertiary/aromatic N) is 4. The second-order valence-electron chi connectivity index (χ2n) is 13.0. The molecule has 0 spiro atoms. The van der Waals surface area contributed by atoms with Gasteiger partial charge in [0, 0.05) is 5.54 Å². The Bertz CT molecular complexity index is 1340. The maximum atomic E-state index is 11.0. The summed E-state index contributed by atoms with van der Waals surface area (Å²) in [5.74, 6) is 0.902. The lowest BCUT2D eigenvalue weighted by atomic mass is 9.43. The van der Waals surface area contributed by atoms with Gasteiger partial charge in [-0.3, -0.25) is 9.12 Å². The van der Waals surface area contributed by atoms with Gasteiger partial charge in [-0.05, 0) is 86.1 Å². The van der Waals surface area contributed by atoms with Crippen LogP contribution in [-0.4, -0.2) is 72.3 Å². The number of rotatable bonds is 8. The summed E-state index contributed by atoms with van der Waals surface area (Å²) < 4.78 is 38.4. The lowest BCUT2D eigenvalue weighted by molar-refractivity contribution is -0.0973. The summed E-state index contributed by atoms with van der Waals surface area (Å²) >= 11 is 6.39. The second kappa shape index (κ2) is 8.97. The minimum atomic E-state index is -4.04. The van der Waals surface area contributed by atoms with Crippen molar-refractivity contribution in [3.05, 3.63) is 11.6 Å². The number of aromatic nitrogens is 4. The molecule has 13 heteroatoms. The minimum absolute atomic E-state index is 0.0544. The van der Waals surface area contributed by atoms with E-state index in [9.17, 15) is 18.6 Å². The van der Waals surface area contributed by atoms with Crippen molar-refractivity contribution in [3.63, 3.8) is 0 Å². The lowest BCUT2D eigenvalue weighted by Gasteiger charge is -2.65. The summed E-state index contributed by atoms with van der Waals surface area (Å²) in [6.45, 7) is 4.82. The van der Waals surface area contributed by atoms with E-state index in [4.69, 9.17) is 20.9 Å². The fourth-order valence-electron chi connectivity index (χ4n) is 8.83. The van der Waals surface area contributed by atoms with Crippen LogP contribution in [-0.2, 0) is 14.9 Å². The predicted octanol–water partition coefficient (Wildman–Crippen LogP) is 3.32. The summed E-state index contributed by atoms with van der Waals surface area (Å²) in [5, 5.41) is 25.2. The first-order valence-corrected chi connectivity index (χ1v) is 15.4. The van der Waals surface area contributed by atoms with Crippen molar-refractivity contribution in [2.24, 2.45) is 16.7 Å². The molecule has 4 saturated carbocycles. The van der Waals surface area contributed by atoms with Crippen LogP contribution in [0.4, 0.5) is 5.82 Å². The number of imidazole rings is 1. The molecule has 0 radical (unpaired) electrons. The van der Waals surface area contributed by atoms with Crippen LogP contribution < -0.4 is 5.32 Å². The molecule has 5 aliphatic rings. The number of nitrogens with one attached hydrogen (secondary N) is 1. The third-order valence-electron chi connectivity index (χ3n) is 9.16. The van der Waals surface area contributed by atoms with Gasteiger partial charge in [0.05, 0.1) is 18.2 Å². The largest absolute Gasteiger partial charge is 0.388 e. The zero-order valence-corrected chi connectivity index (χ0v) is 23.2. The van der Waals surface area contributed by atoms with Crippen LogP contribution in [0.5, 0.6) is 0 Å². The Hall–Kier alpha value is -1.57. The van der Waals surface area contributed by atoms with Gasteiger partial charge in [0.25, 0.3) is 10.1 Å². The lowest BCUT2D eigenvalue weighted by Crippen LogP contribution is -2.61. The van der Waals surface area contributed by atoms with Gasteiger partial charge in [-0.15, -0.1) is 0 Å². The van der Waals surface area contributed by atoms with Crippen molar-refractivity contribution >= 4 is 38.7 Å². The van der Waals surface area contributed by atoms with Crippen LogP contribution in [0.25, 0.3) is 11.2 Å². The topological polar surface area (TPSA) is 160 Å². The molecule has 3 heterocycles. The molecule has 2 aromatic rings. The zero-order chi connectivity index (χ0) is 27.1. The van der Waals surface area contributed by atoms with Crippen molar-refractivity contribution in [1.82, 2.24) is 19.5 Å². The molecule has 1 aliphatic heterocycles. The fraction of sp³-hybridized carbons (Fsp3) is 0.800. The first kappa shape index (κ1) is 26.6. The summed E-state index contributed by atoms with van der Waals surface area (Å²) in [7, 11) is -4.04. The van der Waals surface area contributed by atoms with E-state index >= 15 is 0 Å². The SMILES string of the molecule is C[C@]12C[C@@H]3C[C@](C)(C1)C[C@@](Nc1nc(Cl)nc4c1ncn4C1OC(CCCCS(=O)(=O)O)C(O)C1O)(C3)C2. The van der Waals surface area contributed by atoms with Crippen molar-refractivity contribution < 1.29 is 27.9 Å². The zero-order valence-electron chi connectivity index (χ0n) is 21.7. The summed E-state index contributed by atoms with van der Waals surface area (Å²) in [5.41, 5.74) is 1.47. The van der Waals surface area contributed by atoms with E-state index in [0.29, 0.717) is 46.6 Å². The van der Waals surface area contributed by atoms with Gasteiger partial charge in [0.15, 0.2) is 23.2 Å². The van der Waals surface area contributed by atoms with Gasteiger partial charge in [0.1, 0.15) is 12.2 Å². The average Bonchev–Trinajstić information content (AvgIpc) is 3.29. The number of aliphatic hydroxyl groups is 2. The summed E-state index contributed by atoms with van der Waals surface area (Å²) in [6, 6.07) is 0. The van der Waals surface area contributed by atoms with Gasteiger partial charge in [0.2, 0.25) is 5.28 Å². The first-order chi connectivity index (χ1) is 17.8. The number of ether oxygens (including phenoxy) is 1. The van der Waals surface area contributed by atoms with E-state index in [1.165, 1.54) is 25.6 Å². The van der Waals surface area contributed by atoms with Crippen molar-refractivity contribution in [2.45, 2.75) is 102 Å². The average molecular weight is 570 g/mol. The second-order valence-corrected chi connectivity index (χ2v) is 14.9. The number of fused-ring (bicyclic) bond motifs is 1. The molecule has 1 saturated heterocycles. The Morgan fingerprint density at radius 3 is 2.47 bits per heavy atom. The molecule has 5 fully saturated rings. The molecule has 11 nitrogen and oxygen atoms in total. The monoisotopic (exact) mass is 569 g/mol. The van der Waals surface area contributed by atoms with E-state index in [0.717, 1.165) is 19.3 Å². The summed E-state index contributed by atoms with van der Waals surface area (Å²) in [4.78, 5) is 13.5. The van der Waals surface area contributed by atoms with Gasteiger partial charge in [-0.1, -0.05) is 13.8 Å². The highest BCUT2D eigenvalue weighted by atomic mass is 35.5. The Morgan fingerprint density at radius 1 is 1.11 bits per heavy atom. The Balaban J connectivity index is 1.24. The molecule has 4 N–H and O–H groups in total. The van der Waals surface area contributed by atoms with E-state index in [1.807, 2.05) is 0 Å². The van der Waals surface area contributed by atoms with Gasteiger partial charge < -0.3 is 20.3 Å². The van der Waals surface area contributed by atoms with Crippen molar-refractivity contribution in [1.29, 1.82) is 0 Å². The Morgan fingerprint density at radius 2 is 1.82 bits per heavy atom. The van der Waals surface area contributed by atoms with Crippen LogP contribution in [0, 0.1) is 16.7 Å². The number of halogens is 1. The normalized spacial score (nSPS) is 40.3. The smallest absolute Gasteiger partial charge is 0.264 e. The highest BCUT2D eigenvalue weighted by molar-refractivity contribution is 7.85. The molecule has 210 valence electrons. The Labute approximate surface area is 227 Å².